The van der Waals surface area contributed by atoms with Crippen molar-refractivity contribution in [3.8, 4) is 0 Å². The molecule has 0 bridgehead atoms. The van der Waals surface area contributed by atoms with Crippen LogP contribution in [0.4, 0.5) is 0 Å². The van der Waals surface area contributed by atoms with E-state index in [0.29, 0.717) is 5.92 Å². The van der Waals surface area contributed by atoms with Crippen LogP contribution in [-0.4, -0.2) is 12.6 Å². The maximum atomic E-state index is 6.15. The summed E-state index contributed by atoms with van der Waals surface area (Å²) in [5.41, 5.74) is 7.26. The van der Waals surface area contributed by atoms with Crippen LogP contribution >= 0.6 is 15.9 Å². The third kappa shape index (κ3) is 5.94. The lowest BCUT2D eigenvalue weighted by atomic mass is 9.99. The molecule has 2 nitrogen and oxygen atoms in total. The predicted molar refractivity (Wildman–Crippen MR) is 89.8 cm³/mol. The molecule has 0 spiro atoms. The maximum absolute atomic E-state index is 6.15. The Bertz CT molecular complexity index is 381. The third-order valence-electron chi connectivity index (χ3n) is 3.71. The van der Waals surface area contributed by atoms with Gasteiger partial charge in [-0.1, -0.05) is 61.2 Å². The van der Waals surface area contributed by atoms with E-state index < -0.39 is 0 Å². The fraction of sp³-hybridized carbons (Fsp3) is 0.647. The Hall–Kier alpha value is -0.380. The van der Waals surface area contributed by atoms with Gasteiger partial charge >= 0.3 is 0 Å². The molecule has 0 fully saturated rings. The van der Waals surface area contributed by atoms with E-state index in [-0.39, 0.29) is 12.1 Å². The zero-order valence-corrected chi connectivity index (χ0v) is 14.5. The SMILES string of the molecule is CCCCC(CC)COC(c1cccc(Br)c1)C(C)N. The molecule has 0 aliphatic heterocycles. The van der Waals surface area contributed by atoms with Gasteiger partial charge in [0, 0.05) is 10.5 Å². The van der Waals surface area contributed by atoms with Gasteiger partial charge in [-0.15, -0.1) is 0 Å². The first-order valence-corrected chi connectivity index (χ1v) is 8.50. The van der Waals surface area contributed by atoms with E-state index >= 15 is 0 Å². The monoisotopic (exact) mass is 341 g/mol. The van der Waals surface area contributed by atoms with Crippen LogP contribution in [0.5, 0.6) is 0 Å². The molecule has 0 saturated carbocycles. The van der Waals surface area contributed by atoms with E-state index in [1.807, 2.05) is 19.1 Å². The molecule has 114 valence electrons. The zero-order valence-electron chi connectivity index (χ0n) is 12.9. The number of hydrogen-bond donors (Lipinski definition) is 1. The number of hydrogen-bond acceptors (Lipinski definition) is 2. The van der Waals surface area contributed by atoms with E-state index in [9.17, 15) is 0 Å². The predicted octanol–water partition coefficient (Wildman–Crippen LogP) is 5.07. The average molecular weight is 342 g/mol. The molecule has 0 aromatic heterocycles. The minimum absolute atomic E-state index is 0.00650. The van der Waals surface area contributed by atoms with Gasteiger partial charge in [-0.25, -0.2) is 0 Å². The standard InChI is InChI=1S/C17H28BrNO/c1-4-6-8-14(5-2)12-20-17(13(3)19)15-9-7-10-16(18)11-15/h7,9-11,13-14,17H,4-6,8,12,19H2,1-3H3. The topological polar surface area (TPSA) is 35.2 Å². The molecule has 3 atom stereocenters. The molecule has 0 saturated heterocycles. The smallest absolute Gasteiger partial charge is 0.0973 e. The fourth-order valence-electron chi connectivity index (χ4n) is 2.37. The first-order chi connectivity index (χ1) is 9.58. The Kier molecular flexibility index (Phi) is 8.43. The van der Waals surface area contributed by atoms with Gasteiger partial charge in [0.2, 0.25) is 0 Å². The highest BCUT2D eigenvalue weighted by Gasteiger charge is 2.19. The summed E-state index contributed by atoms with van der Waals surface area (Å²) in [6.45, 7) is 7.29. The number of ether oxygens (including phenoxy) is 1. The summed E-state index contributed by atoms with van der Waals surface area (Å²) >= 11 is 3.51. The van der Waals surface area contributed by atoms with Crippen LogP contribution in [-0.2, 0) is 4.74 Å². The summed E-state index contributed by atoms with van der Waals surface area (Å²) in [7, 11) is 0. The molecule has 1 rings (SSSR count). The second-order valence-corrected chi connectivity index (χ2v) is 6.50. The number of benzene rings is 1. The van der Waals surface area contributed by atoms with Gasteiger partial charge in [0.15, 0.2) is 0 Å². The molecule has 3 unspecified atom stereocenters. The van der Waals surface area contributed by atoms with Crippen molar-refractivity contribution >= 4 is 15.9 Å². The molecule has 0 aliphatic carbocycles. The summed E-state index contributed by atoms with van der Waals surface area (Å²) in [6.07, 6.45) is 4.92. The molecular formula is C17H28BrNO. The molecule has 3 heteroatoms. The minimum atomic E-state index is -0.0248. The number of rotatable bonds is 9. The molecule has 20 heavy (non-hydrogen) atoms. The lowest BCUT2D eigenvalue weighted by Crippen LogP contribution is -2.28. The van der Waals surface area contributed by atoms with Crippen LogP contribution in [0.25, 0.3) is 0 Å². The number of nitrogens with two attached hydrogens (primary N) is 1. The largest absolute Gasteiger partial charge is 0.372 e. The molecule has 1 aromatic rings. The molecule has 0 heterocycles. The highest BCUT2D eigenvalue weighted by molar-refractivity contribution is 9.10. The second kappa shape index (κ2) is 9.54. The first kappa shape index (κ1) is 17.7. The van der Waals surface area contributed by atoms with Crippen molar-refractivity contribution in [1.29, 1.82) is 0 Å². The van der Waals surface area contributed by atoms with E-state index in [4.69, 9.17) is 10.5 Å². The van der Waals surface area contributed by atoms with E-state index in [0.717, 1.165) is 16.6 Å². The Morgan fingerprint density at radius 2 is 2.05 bits per heavy atom. The first-order valence-electron chi connectivity index (χ1n) is 7.71. The number of unbranched alkanes of at least 4 members (excludes halogenated alkanes) is 1. The van der Waals surface area contributed by atoms with E-state index in [1.54, 1.807) is 0 Å². The maximum Gasteiger partial charge on any atom is 0.0973 e. The quantitative estimate of drug-likeness (QED) is 0.680. The summed E-state index contributed by atoms with van der Waals surface area (Å²) in [6, 6.07) is 8.24. The Morgan fingerprint density at radius 3 is 2.60 bits per heavy atom. The lowest BCUT2D eigenvalue weighted by molar-refractivity contribution is 0.0127. The molecule has 0 radical (unpaired) electrons. The summed E-state index contributed by atoms with van der Waals surface area (Å²) < 4.78 is 7.22. The van der Waals surface area contributed by atoms with Crippen molar-refractivity contribution in [2.24, 2.45) is 11.7 Å². The highest BCUT2D eigenvalue weighted by atomic mass is 79.9. The molecule has 1 aromatic carbocycles. The normalized spacial score (nSPS) is 15.8. The Morgan fingerprint density at radius 1 is 1.30 bits per heavy atom. The van der Waals surface area contributed by atoms with Crippen LogP contribution in [0.15, 0.2) is 28.7 Å². The second-order valence-electron chi connectivity index (χ2n) is 5.58. The number of halogens is 1. The van der Waals surface area contributed by atoms with Crippen LogP contribution in [0.3, 0.4) is 0 Å². The Labute approximate surface area is 132 Å². The summed E-state index contributed by atoms with van der Waals surface area (Å²) in [5.74, 6) is 0.642. The highest BCUT2D eigenvalue weighted by Crippen LogP contribution is 2.25. The fourth-order valence-corrected chi connectivity index (χ4v) is 2.79. The molecule has 2 N–H and O–H groups in total. The average Bonchev–Trinajstić information content (AvgIpc) is 2.42. The van der Waals surface area contributed by atoms with Gasteiger partial charge in [-0.2, -0.15) is 0 Å². The van der Waals surface area contributed by atoms with Crippen molar-refractivity contribution in [3.63, 3.8) is 0 Å². The van der Waals surface area contributed by atoms with E-state index in [1.165, 1.54) is 25.7 Å². The van der Waals surface area contributed by atoms with Crippen molar-refractivity contribution < 1.29 is 4.74 Å². The Balaban J connectivity index is 2.63. The van der Waals surface area contributed by atoms with Crippen LogP contribution in [0.2, 0.25) is 0 Å². The van der Waals surface area contributed by atoms with Gasteiger partial charge in [-0.05, 0) is 37.0 Å². The van der Waals surface area contributed by atoms with Crippen molar-refractivity contribution in [1.82, 2.24) is 0 Å². The van der Waals surface area contributed by atoms with Gasteiger partial charge in [0.05, 0.1) is 12.7 Å². The summed E-state index contributed by atoms with van der Waals surface area (Å²) in [4.78, 5) is 0. The van der Waals surface area contributed by atoms with Crippen molar-refractivity contribution in [2.45, 2.75) is 58.6 Å². The molecule has 0 aliphatic rings. The van der Waals surface area contributed by atoms with Crippen LogP contribution < -0.4 is 5.73 Å². The minimum Gasteiger partial charge on any atom is -0.372 e. The molecule has 0 amide bonds. The third-order valence-corrected chi connectivity index (χ3v) is 4.20. The van der Waals surface area contributed by atoms with Gasteiger partial charge in [0.1, 0.15) is 0 Å². The molecular weight excluding hydrogens is 314 g/mol. The van der Waals surface area contributed by atoms with Crippen molar-refractivity contribution in [3.05, 3.63) is 34.3 Å². The van der Waals surface area contributed by atoms with Gasteiger partial charge in [0.25, 0.3) is 0 Å². The van der Waals surface area contributed by atoms with Crippen LogP contribution in [0.1, 0.15) is 58.1 Å². The van der Waals surface area contributed by atoms with E-state index in [2.05, 4.69) is 41.9 Å². The van der Waals surface area contributed by atoms with Crippen LogP contribution in [0, 0.1) is 5.92 Å². The van der Waals surface area contributed by atoms with Gasteiger partial charge < -0.3 is 10.5 Å². The van der Waals surface area contributed by atoms with Crippen molar-refractivity contribution in [2.75, 3.05) is 6.61 Å². The lowest BCUT2D eigenvalue weighted by Gasteiger charge is -2.25. The summed E-state index contributed by atoms with van der Waals surface area (Å²) in [5, 5.41) is 0. The zero-order chi connectivity index (χ0) is 15.0. The van der Waals surface area contributed by atoms with Gasteiger partial charge in [-0.3, -0.25) is 0 Å².